The SMILES string of the molecule is CC#Cc1cn([C@H]2C[C@H](N=[N+]=[N-])[C@@H](CO)O2)c(=O)nc1N. The number of rotatable bonds is 3. The van der Waals surface area contributed by atoms with Gasteiger partial charge in [0.05, 0.1) is 24.3 Å². The number of nitrogen functional groups attached to an aromatic ring is 1. The van der Waals surface area contributed by atoms with E-state index in [9.17, 15) is 9.90 Å². The normalized spacial score (nSPS) is 24.0. The Kier molecular flexibility index (Phi) is 4.45. The molecular weight excluding hydrogens is 276 g/mol. The van der Waals surface area contributed by atoms with Gasteiger partial charge in [0.2, 0.25) is 0 Å². The number of aliphatic hydroxyl groups excluding tert-OH is 1. The van der Waals surface area contributed by atoms with Crippen molar-refractivity contribution >= 4 is 5.82 Å². The minimum absolute atomic E-state index is 0.0499. The number of nitrogens with two attached hydrogens (primary N) is 1. The van der Waals surface area contributed by atoms with Crippen LogP contribution in [-0.4, -0.2) is 33.4 Å². The van der Waals surface area contributed by atoms with Crippen molar-refractivity contribution in [1.29, 1.82) is 0 Å². The molecule has 110 valence electrons. The standard InChI is InChI=1S/C12H14N6O3/c1-2-3-7-5-18(12(20)15-11(7)13)10-4-8(16-17-14)9(6-19)21-10/h5,8-10,19H,4,6H2,1H3,(H2,13,15,20)/t8-,9+,10+/m0/s1. The maximum absolute atomic E-state index is 11.9. The van der Waals surface area contributed by atoms with Crippen molar-refractivity contribution in [2.24, 2.45) is 5.11 Å². The van der Waals surface area contributed by atoms with Crippen LogP contribution < -0.4 is 11.4 Å². The fourth-order valence-electron chi connectivity index (χ4n) is 2.16. The van der Waals surface area contributed by atoms with Gasteiger partial charge < -0.3 is 15.6 Å². The molecule has 0 spiro atoms. The van der Waals surface area contributed by atoms with Crippen LogP contribution in [0, 0.1) is 11.8 Å². The zero-order valence-corrected chi connectivity index (χ0v) is 11.3. The van der Waals surface area contributed by atoms with E-state index in [-0.39, 0.29) is 18.8 Å². The lowest BCUT2D eigenvalue weighted by Gasteiger charge is -2.15. The molecule has 3 N–H and O–H groups in total. The Morgan fingerprint density at radius 3 is 3.14 bits per heavy atom. The van der Waals surface area contributed by atoms with Crippen LogP contribution in [0.4, 0.5) is 5.82 Å². The van der Waals surface area contributed by atoms with E-state index in [0.717, 1.165) is 0 Å². The summed E-state index contributed by atoms with van der Waals surface area (Å²) in [4.78, 5) is 18.3. The first-order valence-electron chi connectivity index (χ1n) is 6.22. The van der Waals surface area contributed by atoms with Crippen LogP contribution in [0.3, 0.4) is 0 Å². The topological polar surface area (TPSA) is 139 Å². The molecule has 1 aromatic rings. The molecule has 1 aromatic heterocycles. The van der Waals surface area contributed by atoms with Crippen LogP contribution >= 0.6 is 0 Å². The quantitative estimate of drug-likeness (QED) is 0.353. The van der Waals surface area contributed by atoms with Crippen LogP contribution in [-0.2, 0) is 4.74 Å². The van der Waals surface area contributed by atoms with Gasteiger partial charge in [-0.05, 0) is 12.5 Å². The van der Waals surface area contributed by atoms with Gasteiger partial charge in [0.15, 0.2) is 0 Å². The van der Waals surface area contributed by atoms with E-state index in [2.05, 4.69) is 26.9 Å². The second-order valence-electron chi connectivity index (χ2n) is 4.42. The lowest BCUT2D eigenvalue weighted by molar-refractivity contribution is -0.0270. The summed E-state index contributed by atoms with van der Waals surface area (Å²) in [6.45, 7) is 1.33. The molecule has 0 aromatic carbocycles. The molecule has 1 aliphatic rings. The number of hydrogen-bond donors (Lipinski definition) is 2. The summed E-state index contributed by atoms with van der Waals surface area (Å²) in [5, 5.41) is 12.8. The van der Waals surface area contributed by atoms with Crippen molar-refractivity contribution in [3.8, 4) is 11.8 Å². The summed E-state index contributed by atoms with van der Waals surface area (Å²) in [5.74, 6) is 5.47. The molecule has 0 bridgehead atoms. The van der Waals surface area contributed by atoms with Crippen LogP contribution in [0.5, 0.6) is 0 Å². The van der Waals surface area contributed by atoms with Crippen molar-refractivity contribution in [2.75, 3.05) is 12.3 Å². The lowest BCUT2D eigenvalue weighted by atomic mass is 10.1. The minimum Gasteiger partial charge on any atom is -0.394 e. The zero-order chi connectivity index (χ0) is 15.4. The van der Waals surface area contributed by atoms with E-state index in [4.69, 9.17) is 16.0 Å². The number of aliphatic hydroxyl groups is 1. The molecule has 0 saturated carbocycles. The van der Waals surface area contributed by atoms with E-state index < -0.39 is 24.1 Å². The van der Waals surface area contributed by atoms with Gasteiger partial charge >= 0.3 is 5.69 Å². The summed E-state index contributed by atoms with van der Waals surface area (Å²) in [6.07, 6.45) is 0.380. The molecule has 1 aliphatic heterocycles. The largest absolute Gasteiger partial charge is 0.394 e. The van der Waals surface area contributed by atoms with Gasteiger partial charge in [-0.3, -0.25) is 4.57 Å². The van der Waals surface area contributed by atoms with Gasteiger partial charge in [-0.25, -0.2) is 4.79 Å². The molecule has 2 heterocycles. The Labute approximate surface area is 120 Å². The number of aromatic nitrogens is 2. The maximum atomic E-state index is 11.9. The summed E-state index contributed by atoms with van der Waals surface area (Å²) in [6, 6.07) is -0.546. The third kappa shape index (κ3) is 2.98. The summed E-state index contributed by atoms with van der Waals surface area (Å²) in [7, 11) is 0. The molecule has 0 aliphatic carbocycles. The van der Waals surface area contributed by atoms with Gasteiger partial charge in [0.1, 0.15) is 12.0 Å². The number of hydrogen-bond acceptors (Lipinski definition) is 6. The Balaban J connectivity index is 2.38. The number of ether oxygens (including phenoxy) is 1. The van der Waals surface area contributed by atoms with Gasteiger partial charge in [-0.2, -0.15) is 4.98 Å². The first-order chi connectivity index (χ1) is 10.1. The van der Waals surface area contributed by atoms with Crippen molar-refractivity contribution in [1.82, 2.24) is 9.55 Å². The van der Waals surface area contributed by atoms with E-state index in [1.54, 1.807) is 6.92 Å². The van der Waals surface area contributed by atoms with E-state index in [1.165, 1.54) is 10.8 Å². The first kappa shape index (κ1) is 14.9. The van der Waals surface area contributed by atoms with Gasteiger partial charge in [-0.15, -0.1) is 5.92 Å². The smallest absolute Gasteiger partial charge is 0.351 e. The molecule has 2 rings (SSSR count). The van der Waals surface area contributed by atoms with Crippen molar-refractivity contribution in [2.45, 2.75) is 31.7 Å². The van der Waals surface area contributed by atoms with E-state index in [0.29, 0.717) is 5.56 Å². The molecule has 0 amide bonds. The van der Waals surface area contributed by atoms with Crippen molar-refractivity contribution in [3.63, 3.8) is 0 Å². The Hall–Kier alpha value is -2.53. The molecule has 9 heteroatoms. The fraction of sp³-hybridized carbons (Fsp3) is 0.500. The minimum atomic E-state index is -0.685. The summed E-state index contributed by atoms with van der Waals surface area (Å²) < 4.78 is 6.78. The van der Waals surface area contributed by atoms with Crippen LogP contribution in [0.25, 0.3) is 10.4 Å². The highest BCUT2D eigenvalue weighted by Gasteiger charge is 2.35. The third-order valence-corrected chi connectivity index (χ3v) is 3.14. The molecule has 21 heavy (non-hydrogen) atoms. The highest BCUT2D eigenvalue weighted by Crippen LogP contribution is 2.30. The van der Waals surface area contributed by atoms with E-state index >= 15 is 0 Å². The maximum Gasteiger partial charge on any atom is 0.351 e. The monoisotopic (exact) mass is 290 g/mol. The van der Waals surface area contributed by atoms with Crippen molar-refractivity contribution < 1.29 is 9.84 Å². The predicted molar refractivity (Wildman–Crippen MR) is 74.0 cm³/mol. The lowest BCUT2D eigenvalue weighted by Crippen LogP contribution is -2.28. The summed E-state index contributed by atoms with van der Waals surface area (Å²) in [5.41, 5.74) is 14.0. The number of anilines is 1. The van der Waals surface area contributed by atoms with Crippen LogP contribution in [0.2, 0.25) is 0 Å². The molecule has 0 unspecified atom stereocenters. The highest BCUT2D eigenvalue weighted by molar-refractivity contribution is 5.48. The third-order valence-electron chi connectivity index (χ3n) is 3.14. The Morgan fingerprint density at radius 2 is 2.52 bits per heavy atom. The number of azide groups is 1. The summed E-state index contributed by atoms with van der Waals surface area (Å²) >= 11 is 0. The van der Waals surface area contributed by atoms with Crippen LogP contribution in [0.1, 0.15) is 25.1 Å². The average Bonchev–Trinajstić information content (AvgIpc) is 2.85. The second-order valence-corrected chi connectivity index (χ2v) is 4.42. The van der Waals surface area contributed by atoms with E-state index in [1.807, 2.05) is 0 Å². The van der Waals surface area contributed by atoms with Gasteiger partial charge in [0, 0.05) is 17.5 Å². The Bertz CT molecular complexity index is 697. The van der Waals surface area contributed by atoms with Crippen LogP contribution in [0.15, 0.2) is 16.1 Å². The second kappa shape index (κ2) is 6.28. The molecular formula is C12H14N6O3. The van der Waals surface area contributed by atoms with Crippen molar-refractivity contribution in [3.05, 3.63) is 32.7 Å². The predicted octanol–water partition coefficient (Wildman–Crippen LogP) is 0.156. The average molecular weight is 290 g/mol. The molecule has 0 radical (unpaired) electrons. The highest BCUT2D eigenvalue weighted by atomic mass is 16.5. The van der Waals surface area contributed by atoms with Gasteiger partial charge in [-0.1, -0.05) is 11.0 Å². The molecule has 1 fully saturated rings. The fourth-order valence-corrected chi connectivity index (χ4v) is 2.16. The van der Waals surface area contributed by atoms with Gasteiger partial charge in [0.25, 0.3) is 0 Å². The molecule has 3 atom stereocenters. The molecule has 1 saturated heterocycles. The Morgan fingerprint density at radius 1 is 1.76 bits per heavy atom. The zero-order valence-electron chi connectivity index (χ0n) is 11.3. The number of nitrogens with zero attached hydrogens (tertiary/aromatic N) is 5. The molecule has 9 nitrogen and oxygen atoms in total. The first-order valence-corrected chi connectivity index (χ1v) is 6.22.